The summed E-state index contributed by atoms with van der Waals surface area (Å²) in [5, 5.41) is 8.35. The van der Waals surface area contributed by atoms with Crippen molar-refractivity contribution in [3.63, 3.8) is 0 Å². The lowest BCUT2D eigenvalue weighted by Gasteiger charge is -2.23. The van der Waals surface area contributed by atoms with Crippen LogP contribution >= 0.6 is 0 Å². The van der Waals surface area contributed by atoms with E-state index in [4.69, 9.17) is 4.52 Å². The first-order valence-electron chi connectivity index (χ1n) is 10.4. The van der Waals surface area contributed by atoms with Crippen LogP contribution in [0.5, 0.6) is 0 Å². The smallest absolute Gasteiger partial charge is 0.271 e. The number of nitrogens with one attached hydrogen (secondary N) is 1. The molecule has 1 aliphatic carbocycles. The molecule has 0 spiro atoms. The fourth-order valence-corrected chi connectivity index (χ4v) is 5.63. The average Bonchev–Trinajstić information content (AvgIpc) is 3.07. The van der Waals surface area contributed by atoms with E-state index in [0.717, 1.165) is 32.1 Å². The van der Waals surface area contributed by atoms with Gasteiger partial charge in [-0.25, -0.2) is 13.1 Å². The minimum atomic E-state index is -3.67. The molecule has 0 aliphatic heterocycles. The van der Waals surface area contributed by atoms with E-state index < -0.39 is 10.0 Å². The van der Waals surface area contributed by atoms with Gasteiger partial charge in [0.25, 0.3) is 5.56 Å². The number of rotatable bonds is 5. The van der Waals surface area contributed by atoms with Crippen LogP contribution in [0.2, 0.25) is 0 Å². The Labute approximate surface area is 181 Å². The molecular formula is C22H26N4O4S. The normalized spacial score (nSPS) is 15.3. The van der Waals surface area contributed by atoms with Crippen molar-refractivity contribution in [1.82, 2.24) is 19.7 Å². The van der Waals surface area contributed by atoms with Crippen LogP contribution in [0.4, 0.5) is 0 Å². The Hall–Kier alpha value is -2.78. The first-order valence-corrected chi connectivity index (χ1v) is 11.9. The maximum absolute atomic E-state index is 13.1. The van der Waals surface area contributed by atoms with Crippen molar-refractivity contribution in [3.8, 4) is 16.9 Å². The van der Waals surface area contributed by atoms with Crippen molar-refractivity contribution >= 4 is 10.0 Å². The second-order valence-electron chi connectivity index (χ2n) is 8.08. The highest BCUT2D eigenvalue weighted by atomic mass is 32.2. The van der Waals surface area contributed by atoms with Gasteiger partial charge in [-0.2, -0.15) is 9.78 Å². The first-order chi connectivity index (χ1) is 14.8. The highest BCUT2D eigenvalue weighted by molar-refractivity contribution is 7.89. The zero-order chi connectivity index (χ0) is 22.2. The molecule has 1 fully saturated rings. The summed E-state index contributed by atoms with van der Waals surface area (Å²) in [4.78, 5) is 12.7. The molecule has 0 radical (unpaired) electrons. The van der Waals surface area contributed by atoms with Crippen LogP contribution in [0.3, 0.4) is 0 Å². The number of aromatic nitrogens is 3. The van der Waals surface area contributed by atoms with E-state index in [2.05, 4.69) is 15.0 Å². The number of hydrogen-bond acceptors (Lipinski definition) is 6. The van der Waals surface area contributed by atoms with Gasteiger partial charge in [0.05, 0.1) is 10.6 Å². The molecule has 8 nitrogen and oxygen atoms in total. The molecule has 0 saturated heterocycles. The second kappa shape index (κ2) is 8.39. The molecule has 1 aromatic carbocycles. The Kier molecular flexibility index (Phi) is 5.81. The van der Waals surface area contributed by atoms with E-state index in [-0.39, 0.29) is 16.5 Å². The molecule has 1 aliphatic rings. The van der Waals surface area contributed by atoms with Crippen LogP contribution in [0, 0.1) is 20.8 Å². The van der Waals surface area contributed by atoms with Crippen molar-refractivity contribution in [2.75, 3.05) is 0 Å². The Bertz CT molecular complexity index is 1250. The maximum Gasteiger partial charge on any atom is 0.271 e. The highest BCUT2D eigenvalue weighted by Crippen LogP contribution is 2.26. The van der Waals surface area contributed by atoms with Crippen molar-refractivity contribution in [2.45, 2.75) is 63.8 Å². The fraction of sp³-hybridized carbons (Fsp3) is 0.409. The van der Waals surface area contributed by atoms with Gasteiger partial charge < -0.3 is 4.52 Å². The summed E-state index contributed by atoms with van der Waals surface area (Å²) in [5.41, 5.74) is 2.46. The van der Waals surface area contributed by atoms with Crippen LogP contribution in [-0.2, 0) is 10.0 Å². The molecular weight excluding hydrogens is 416 g/mol. The molecule has 2 heterocycles. The summed E-state index contributed by atoms with van der Waals surface area (Å²) < 4.78 is 35.5. The quantitative estimate of drug-likeness (QED) is 0.649. The number of benzene rings is 1. The predicted octanol–water partition coefficient (Wildman–Crippen LogP) is 3.42. The maximum atomic E-state index is 13.1. The van der Waals surface area contributed by atoms with Gasteiger partial charge in [0, 0.05) is 17.7 Å². The van der Waals surface area contributed by atoms with Crippen molar-refractivity contribution < 1.29 is 12.9 Å². The molecule has 0 amide bonds. The molecule has 3 aromatic rings. The summed E-state index contributed by atoms with van der Waals surface area (Å²) in [7, 11) is -3.67. The molecule has 2 aromatic heterocycles. The van der Waals surface area contributed by atoms with Crippen molar-refractivity contribution in [2.24, 2.45) is 0 Å². The van der Waals surface area contributed by atoms with E-state index in [1.54, 1.807) is 45.0 Å². The summed E-state index contributed by atoms with van der Waals surface area (Å²) in [6.45, 7) is 5.22. The third-order valence-electron chi connectivity index (χ3n) is 5.71. The molecule has 0 bridgehead atoms. The number of hydrogen-bond donors (Lipinski definition) is 1. The Morgan fingerprint density at radius 3 is 2.48 bits per heavy atom. The fourth-order valence-electron chi connectivity index (χ4n) is 4.06. The lowest BCUT2D eigenvalue weighted by atomic mass is 9.96. The number of sulfonamides is 1. The molecule has 0 atom stereocenters. The largest absolute Gasteiger partial charge is 0.359 e. The molecule has 0 unspecified atom stereocenters. The minimum Gasteiger partial charge on any atom is -0.359 e. The van der Waals surface area contributed by atoms with Crippen LogP contribution in [0.15, 0.2) is 44.5 Å². The van der Waals surface area contributed by atoms with Crippen LogP contribution in [0.1, 0.15) is 49.1 Å². The molecule has 1 saturated carbocycles. The molecule has 31 heavy (non-hydrogen) atoms. The van der Waals surface area contributed by atoms with E-state index in [1.165, 1.54) is 10.7 Å². The van der Waals surface area contributed by atoms with Gasteiger partial charge in [0.1, 0.15) is 11.4 Å². The molecule has 1 N–H and O–H groups in total. The van der Waals surface area contributed by atoms with E-state index in [9.17, 15) is 13.2 Å². The zero-order valence-corrected chi connectivity index (χ0v) is 18.7. The van der Waals surface area contributed by atoms with Gasteiger partial charge >= 0.3 is 0 Å². The van der Waals surface area contributed by atoms with Gasteiger partial charge in [0.15, 0.2) is 5.76 Å². The highest BCUT2D eigenvalue weighted by Gasteiger charge is 2.24. The summed E-state index contributed by atoms with van der Waals surface area (Å²) in [6.07, 6.45) is 4.96. The molecule has 164 valence electrons. The third-order valence-corrected chi connectivity index (χ3v) is 7.37. The SMILES string of the molecule is Cc1ccc(-c2ccc(=O)n(-c3c(C)noc3C)n2)cc1S(=O)(=O)NC1CCCCC1. The second-order valence-corrected chi connectivity index (χ2v) is 9.76. The molecule has 9 heteroatoms. The van der Waals surface area contributed by atoms with Crippen molar-refractivity contribution in [1.29, 1.82) is 0 Å². The number of aryl methyl sites for hydroxylation is 3. The lowest BCUT2D eigenvalue weighted by molar-refractivity contribution is 0.392. The van der Waals surface area contributed by atoms with Gasteiger partial charge in [-0.1, -0.05) is 36.6 Å². The first kappa shape index (κ1) is 21.5. The van der Waals surface area contributed by atoms with Gasteiger partial charge in [0.2, 0.25) is 10.0 Å². The summed E-state index contributed by atoms with van der Waals surface area (Å²) >= 11 is 0. The Balaban J connectivity index is 1.73. The Morgan fingerprint density at radius 1 is 1.06 bits per heavy atom. The Morgan fingerprint density at radius 2 is 1.81 bits per heavy atom. The summed E-state index contributed by atoms with van der Waals surface area (Å²) in [6, 6.07) is 8.15. The predicted molar refractivity (Wildman–Crippen MR) is 117 cm³/mol. The van der Waals surface area contributed by atoms with E-state index in [1.807, 2.05) is 0 Å². The van der Waals surface area contributed by atoms with Crippen LogP contribution < -0.4 is 10.3 Å². The molecule has 4 rings (SSSR count). The standard InChI is InChI=1S/C22H26N4O4S/c1-14-9-10-17(13-20(14)31(28,29)25-18-7-5-4-6-8-18)19-11-12-21(27)26(23-19)22-15(2)24-30-16(22)3/h9-13,18,25H,4-8H2,1-3H3. The monoisotopic (exact) mass is 442 g/mol. The average molecular weight is 443 g/mol. The lowest BCUT2D eigenvalue weighted by Crippen LogP contribution is -2.36. The van der Waals surface area contributed by atoms with Gasteiger partial charge in [-0.15, -0.1) is 0 Å². The van der Waals surface area contributed by atoms with Crippen molar-refractivity contribution in [3.05, 3.63) is 57.7 Å². The van der Waals surface area contributed by atoms with Gasteiger partial charge in [-0.3, -0.25) is 4.79 Å². The summed E-state index contributed by atoms with van der Waals surface area (Å²) in [5.74, 6) is 0.480. The van der Waals surface area contributed by atoms with E-state index >= 15 is 0 Å². The number of nitrogens with zero attached hydrogens (tertiary/aromatic N) is 3. The van der Waals surface area contributed by atoms with Crippen LogP contribution in [0.25, 0.3) is 16.9 Å². The minimum absolute atomic E-state index is 0.0265. The van der Waals surface area contributed by atoms with Gasteiger partial charge in [-0.05, 0) is 51.3 Å². The topological polar surface area (TPSA) is 107 Å². The van der Waals surface area contributed by atoms with E-state index in [0.29, 0.717) is 34.0 Å². The zero-order valence-electron chi connectivity index (χ0n) is 17.9. The van der Waals surface area contributed by atoms with Crippen LogP contribution in [-0.4, -0.2) is 29.4 Å². The third kappa shape index (κ3) is 4.33.